The summed E-state index contributed by atoms with van der Waals surface area (Å²) >= 11 is -0.190. The van der Waals surface area contributed by atoms with Crippen molar-refractivity contribution < 1.29 is 13.2 Å². The Morgan fingerprint density at radius 3 is 2.29 bits per heavy atom. The molecule has 0 saturated carbocycles. The van der Waals surface area contributed by atoms with Gasteiger partial charge in [0.2, 0.25) is 0 Å². The molecule has 0 bridgehead atoms. The molecule has 78 valence electrons. The van der Waals surface area contributed by atoms with Crippen LogP contribution in [-0.2, 0) is 0 Å². The first-order chi connectivity index (χ1) is 6.38. The van der Waals surface area contributed by atoms with E-state index in [-0.39, 0.29) is 22.7 Å². The fourth-order valence-electron chi connectivity index (χ4n) is 0.912. The number of alkyl halides is 3. The number of halogens is 3. The van der Waals surface area contributed by atoms with Crippen molar-refractivity contribution in [2.75, 3.05) is 0 Å². The summed E-state index contributed by atoms with van der Waals surface area (Å²) < 4.78 is 35.8. The summed E-state index contributed by atoms with van der Waals surface area (Å²) in [5, 5.41) is -0.0121. The van der Waals surface area contributed by atoms with Crippen molar-refractivity contribution in [2.45, 2.75) is 30.3 Å². The lowest BCUT2D eigenvalue weighted by molar-refractivity contribution is -0.0329. The van der Waals surface area contributed by atoms with E-state index < -0.39 is 5.51 Å². The maximum Gasteiger partial charge on any atom is 0.447 e. The zero-order valence-corrected chi connectivity index (χ0v) is 8.62. The summed E-state index contributed by atoms with van der Waals surface area (Å²) in [7, 11) is 0. The van der Waals surface area contributed by atoms with Gasteiger partial charge in [0.25, 0.3) is 0 Å². The molecule has 0 fully saturated rings. The van der Waals surface area contributed by atoms with Crippen molar-refractivity contribution in [3.05, 3.63) is 23.9 Å². The molecule has 1 nitrogen and oxygen atoms in total. The lowest BCUT2D eigenvalue weighted by atomic mass is 10.1. The van der Waals surface area contributed by atoms with E-state index in [1.165, 1.54) is 12.3 Å². The predicted molar refractivity (Wildman–Crippen MR) is 50.2 cm³/mol. The van der Waals surface area contributed by atoms with Crippen molar-refractivity contribution in [2.24, 2.45) is 0 Å². The van der Waals surface area contributed by atoms with Gasteiger partial charge in [-0.2, -0.15) is 13.2 Å². The standard InChI is InChI=1S/C9H10F3NS/c1-6(2)7-3-4-8(13-5-7)14-9(10,11)12/h3-6H,1-2H3. The summed E-state index contributed by atoms with van der Waals surface area (Å²) in [6.45, 7) is 3.93. The molecule has 0 aliphatic heterocycles. The van der Waals surface area contributed by atoms with Gasteiger partial charge >= 0.3 is 5.51 Å². The summed E-state index contributed by atoms with van der Waals surface area (Å²) in [4.78, 5) is 3.73. The lowest BCUT2D eigenvalue weighted by Crippen LogP contribution is -2.00. The molecule has 1 aromatic heterocycles. The van der Waals surface area contributed by atoms with Crippen LogP contribution in [0.15, 0.2) is 23.4 Å². The number of pyridine rings is 1. The number of thioether (sulfide) groups is 1. The molecule has 0 aliphatic carbocycles. The number of nitrogens with zero attached hydrogens (tertiary/aromatic N) is 1. The van der Waals surface area contributed by atoms with Crippen LogP contribution in [-0.4, -0.2) is 10.5 Å². The minimum Gasteiger partial charge on any atom is -0.249 e. The zero-order valence-electron chi connectivity index (χ0n) is 7.80. The molecular weight excluding hydrogens is 211 g/mol. The van der Waals surface area contributed by atoms with Crippen LogP contribution in [0.2, 0.25) is 0 Å². The van der Waals surface area contributed by atoms with Crippen LogP contribution in [0.3, 0.4) is 0 Å². The summed E-state index contributed by atoms with van der Waals surface area (Å²) in [5.74, 6) is 0.285. The average molecular weight is 221 g/mol. The van der Waals surface area contributed by atoms with Crippen molar-refractivity contribution in [3.8, 4) is 0 Å². The smallest absolute Gasteiger partial charge is 0.249 e. The minimum absolute atomic E-state index is 0.0121. The molecule has 0 radical (unpaired) electrons. The molecule has 14 heavy (non-hydrogen) atoms. The first kappa shape index (κ1) is 11.4. The Hall–Kier alpha value is -0.710. The molecule has 0 aliphatic rings. The maximum absolute atomic E-state index is 11.9. The van der Waals surface area contributed by atoms with Crippen LogP contribution in [0.4, 0.5) is 13.2 Å². The quantitative estimate of drug-likeness (QED) is 0.704. The first-order valence-corrected chi connectivity index (χ1v) is 4.92. The highest BCUT2D eigenvalue weighted by Gasteiger charge is 2.29. The molecule has 1 heterocycles. The van der Waals surface area contributed by atoms with E-state index in [0.717, 1.165) is 5.56 Å². The summed E-state index contributed by atoms with van der Waals surface area (Å²) in [6.07, 6.45) is 1.48. The Labute approximate surface area is 84.7 Å². The SMILES string of the molecule is CC(C)c1ccc(SC(F)(F)F)nc1. The Bertz CT molecular complexity index is 292. The van der Waals surface area contributed by atoms with Crippen LogP contribution in [0.5, 0.6) is 0 Å². The predicted octanol–water partition coefficient (Wildman–Crippen LogP) is 3.82. The van der Waals surface area contributed by atoms with Gasteiger partial charge in [-0.05, 0) is 17.5 Å². The molecule has 0 atom stereocenters. The Balaban J connectivity index is 2.74. The molecule has 1 rings (SSSR count). The molecule has 0 amide bonds. The van der Waals surface area contributed by atoms with Gasteiger partial charge in [0.15, 0.2) is 0 Å². The van der Waals surface area contributed by atoms with Gasteiger partial charge in [-0.3, -0.25) is 0 Å². The third kappa shape index (κ3) is 3.57. The Kier molecular flexibility index (Phi) is 3.42. The molecular formula is C9H10F3NS. The van der Waals surface area contributed by atoms with Gasteiger partial charge in [-0.1, -0.05) is 19.9 Å². The average Bonchev–Trinajstić information content (AvgIpc) is 2.02. The number of aromatic nitrogens is 1. The van der Waals surface area contributed by atoms with Gasteiger partial charge in [0, 0.05) is 18.0 Å². The summed E-state index contributed by atoms with van der Waals surface area (Å²) in [5.41, 5.74) is -3.32. The number of rotatable bonds is 2. The Morgan fingerprint density at radius 1 is 1.29 bits per heavy atom. The van der Waals surface area contributed by atoms with Gasteiger partial charge in [0.1, 0.15) is 5.03 Å². The van der Waals surface area contributed by atoms with Crippen LogP contribution < -0.4 is 0 Å². The molecule has 0 saturated heterocycles. The van der Waals surface area contributed by atoms with E-state index in [1.807, 2.05) is 13.8 Å². The van der Waals surface area contributed by atoms with Crippen LogP contribution in [0.1, 0.15) is 25.3 Å². The van der Waals surface area contributed by atoms with E-state index in [9.17, 15) is 13.2 Å². The van der Waals surface area contributed by atoms with E-state index in [0.29, 0.717) is 0 Å². The van der Waals surface area contributed by atoms with Crippen molar-refractivity contribution in [3.63, 3.8) is 0 Å². The highest BCUT2D eigenvalue weighted by Crippen LogP contribution is 2.35. The van der Waals surface area contributed by atoms with Crippen molar-refractivity contribution in [1.29, 1.82) is 0 Å². The first-order valence-electron chi connectivity index (χ1n) is 4.10. The van der Waals surface area contributed by atoms with Crippen LogP contribution in [0, 0.1) is 0 Å². The third-order valence-electron chi connectivity index (χ3n) is 1.65. The molecule has 1 aromatic rings. The van der Waals surface area contributed by atoms with E-state index in [4.69, 9.17) is 0 Å². The van der Waals surface area contributed by atoms with Crippen molar-refractivity contribution >= 4 is 11.8 Å². The minimum atomic E-state index is -4.26. The fourth-order valence-corrected chi connectivity index (χ4v) is 1.39. The largest absolute Gasteiger partial charge is 0.447 e. The van der Waals surface area contributed by atoms with Gasteiger partial charge in [-0.15, -0.1) is 0 Å². The van der Waals surface area contributed by atoms with E-state index >= 15 is 0 Å². The topological polar surface area (TPSA) is 12.9 Å². The second-order valence-corrected chi connectivity index (χ2v) is 4.22. The monoisotopic (exact) mass is 221 g/mol. The lowest BCUT2D eigenvalue weighted by Gasteiger charge is -2.07. The van der Waals surface area contributed by atoms with Crippen molar-refractivity contribution in [1.82, 2.24) is 4.98 Å². The van der Waals surface area contributed by atoms with Gasteiger partial charge < -0.3 is 0 Å². The second-order valence-electron chi connectivity index (χ2n) is 3.13. The third-order valence-corrected chi connectivity index (χ3v) is 2.33. The van der Waals surface area contributed by atoms with E-state index in [2.05, 4.69) is 4.98 Å². The van der Waals surface area contributed by atoms with Crippen LogP contribution in [0.25, 0.3) is 0 Å². The molecule has 0 unspecified atom stereocenters. The Morgan fingerprint density at radius 2 is 1.93 bits per heavy atom. The highest BCUT2D eigenvalue weighted by atomic mass is 32.2. The molecule has 0 aromatic carbocycles. The van der Waals surface area contributed by atoms with E-state index in [1.54, 1.807) is 6.07 Å². The normalized spacial score (nSPS) is 12.1. The molecule has 5 heteroatoms. The maximum atomic E-state index is 11.9. The summed E-state index contributed by atoms with van der Waals surface area (Å²) in [6, 6.07) is 3.07. The molecule has 0 N–H and O–H groups in total. The highest BCUT2D eigenvalue weighted by molar-refractivity contribution is 8.00. The number of hydrogen-bond donors (Lipinski definition) is 0. The second kappa shape index (κ2) is 4.21. The zero-order chi connectivity index (χ0) is 10.8. The number of hydrogen-bond acceptors (Lipinski definition) is 2. The molecule has 0 spiro atoms. The van der Waals surface area contributed by atoms with Crippen LogP contribution >= 0.6 is 11.8 Å². The van der Waals surface area contributed by atoms with Gasteiger partial charge in [0.05, 0.1) is 0 Å². The van der Waals surface area contributed by atoms with Gasteiger partial charge in [-0.25, -0.2) is 4.98 Å². The fraction of sp³-hybridized carbons (Fsp3) is 0.444.